The van der Waals surface area contributed by atoms with Crippen molar-refractivity contribution in [1.82, 2.24) is 0 Å². The van der Waals surface area contributed by atoms with Crippen LogP contribution in [0.1, 0.15) is 57.8 Å². The first kappa shape index (κ1) is 17.3. The number of anilines is 1. The first-order valence-corrected chi connectivity index (χ1v) is 10.1. The maximum atomic E-state index is 11.3. The van der Waals surface area contributed by atoms with Gasteiger partial charge in [0.2, 0.25) is 0 Å². The van der Waals surface area contributed by atoms with E-state index in [0.717, 1.165) is 56.0 Å². The molecule has 4 aliphatic rings. The number of nitrogens with zero attached hydrogens (tertiary/aromatic N) is 4. The number of fused-ring (bicyclic) bond motifs is 3. The Morgan fingerprint density at radius 1 is 1.11 bits per heavy atom. The molecule has 5 rings (SSSR count). The molecule has 0 amide bonds. The summed E-state index contributed by atoms with van der Waals surface area (Å²) in [4.78, 5) is 28.2. The van der Waals surface area contributed by atoms with Gasteiger partial charge in [0.15, 0.2) is 0 Å². The van der Waals surface area contributed by atoms with Gasteiger partial charge in [0, 0.05) is 11.6 Å². The van der Waals surface area contributed by atoms with Crippen LogP contribution >= 0.6 is 0 Å². The van der Waals surface area contributed by atoms with Crippen LogP contribution in [0.3, 0.4) is 0 Å². The van der Waals surface area contributed by atoms with Crippen molar-refractivity contribution in [2.45, 2.75) is 63.5 Å². The molecule has 2 aliphatic heterocycles. The van der Waals surface area contributed by atoms with Gasteiger partial charge in [0.25, 0.3) is 0 Å². The lowest BCUT2D eigenvalue weighted by atomic mass is 9.70. The summed E-state index contributed by atoms with van der Waals surface area (Å²) >= 11 is 0. The van der Waals surface area contributed by atoms with Crippen LogP contribution in [0.4, 0.5) is 5.69 Å². The Bertz CT molecular complexity index is 1030. The van der Waals surface area contributed by atoms with Crippen molar-refractivity contribution in [3.8, 4) is 0 Å². The van der Waals surface area contributed by atoms with Gasteiger partial charge in [-0.1, -0.05) is 12.0 Å². The smallest absolute Gasteiger partial charge is 0.318 e. The molecular weight excluding hydrogens is 360 g/mol. The molecule has 1 aromatic carbocycles. The Morgan fingerprint density at radius 2 is 1.89 bits per heavy atom. The van der Waals surface area contributed by atoms with Gasteiger partial charge < -0.3 is 4.90 Å². The molecular formula is C20H22N4O4. The van der Waals surface area contributed by atoms with E-state index in [-0.39, 0.29) is 10.9 Å². The highest BCUT2D eigenvalue weighted by atomic mass is 16.7. The average Bonchev–Trinajstić information content (AvgIpc) is 2.99. The van der Waals surface area contributed by atoms with E-state index in [1.807, 2.05) is 0 Å². The van der Waals surface area contributed by atoms with Crippen LogP contribution in [0.15, 0.2) is 34.5 Å². The van der Waals surface area contributed by atoms with Crippen molar-refractivity contribution in [2.75, 3.05) is 4.90 Å². The minimum atomic E-state index is -0.973. The van der Waals surface area contributed by atoms with Crippen molar-refractivity contribution in [1.29, 1.82) is 0 Å². The number of hydrogen-bond acceptors (Lipinski definition) is 6. The van der Waals surface area contributed by atoms with Gasteiger partial charge in [-0.05, 0) is 69.6 Å². The highest BCUT2D eigenvalue weighted by Crippen LogP contribution is 2.53. The summed E-state index contributed by atoms with van der Waals surface area (Å²) in [5, 5.41) is 23.4. The molecule has 0 saturated heterocycles. The van der Waals surface area contributed by atoms with Crippen molar-refractivity contribution < 1.29 is 9.85 Å². The van der Waals surface area contributed by atoms with E-state index in [2.05, 4.69) is 4.90 Å². The molecule has 2 heterocycles. The van der Waals surface area contributed by atoms with Crippen LogP contribution in [0.25, 0.3) is 5.82 Å². The Kier molecular flexibility index (Phi) is 3.79. The lowest BCUT2D eigenvalue weighted by molar-refractivity contribution is -0.547. The van der Waals surface area contributed by atoms with E-state index in [1.54, 1.807) is 12.1 Å². The number of nitro groups is 2. The summed E-state index contributed by atoms with van der Waals surface area (Å²) in [7, 11) is 0. The predicted molar refractivity (Wildman–Crippen MR) is 102 cm³/mol. The fourth-order valence-corrected chi connectivity index (χ4v) is 5.72. The number of allylic oxidation sites excluding steroid dienone is 2. The van der Waals surface area contributed by atoms with Crippen LogP contribution < -0.4 is 15.5 Å². The van der Waals surface area contributed by atoms with E-state index >= 15 is 0 Å². The van der Waals surface area contributed by atoms with Gasteiger partial charge in [-0.15, -0.1) is 0 Å². The number of benzene rings is 1. The van der Waals surface area contributed by atoms with Gasteiger partial charge in [0.1, 0.15) is 20.7 Å². The molecule has 8 nitrogen and oxygen atoms in total. The molecule has 2 atom stereocenters. The topological polar surface area (TPSA) is 102 Å². The fourth-order valence-electron chi connectivity index (χ4n) is 5.72. The van der Waals surface area contributed by atoms with Crippen LogP contribution in [0.5, 0.6) is 0 Å². The maximum absolute atomic E-state index is 11.3. The zero-order valence-corrected chi connectivity index (χ0v) is 15.6. The van der Waals surface area contributed by atoms with E-state index in [9.17, 15) is 20.2 Å². The fraction of sp³-hybridized carbons (Fsp3) is 0.550. The van der Waals surface area contributed by atoms with E-state index < -0.39 is 15.7 Å². The molecule has 1 aromatic rings. The highest BCUT2D eigenvalue weighted by molar-refractivity contribution is 5.61. The summed E-state index contributed by atoms with van der Waals surface area (Å²) in [6.07, 6.45) is 9.96. The van der Waals surface area contributed by atoms with Crippen molar-refractivity contribution in [3.63, 3.8) is 0 Å². The molecule has 1 fully saturated rings. The van der Waals surface area contributed by atoms with Gasteiger partial charge in [-0.2, -0.15) is 0 Å². The third-order valence-electron chi connectivity index (χ3n) is 6.84. The summed E-state index contributed by atoms with van der Waals surface area (Å²) < 4.78 is 0. The molecule has 0 N–H and O–H groups in total. The molecule has 2 aliphatic carbocycles. The molecule has 0 bridgehead atoms. The standard InChI is InChI=1S/C20H22N4O4/c25-23(26)19(24(27)28)14-8-9-16-18(12-14)22-17-7-2-1-5-13(17)11-15-6-3-4-10-20(15,22)21-16/h8-9,12,15H,1-7,10-11H2/t15-,20-/m0/s1. The van der Waals surface area contributed by atoms with E-state index in [0.29, 0.717) is 5.92 Å². The van der Waals surface area contributed by atoms with Gasteiger partial charge in [0.05, 0.1) is 11.0 Å². The van der Waals surface area contributed by atoms with Gasteiger partial charge in [-0.3, -0.25) is 25.2 Å². The number of rotatable bonds is 2. The normalized spacial score (nSPS) is 27.9. The highest BCUT2D eigenvalue weighted by Gasteiger charge is 2.53. The SMILES string of the molecule is O=[N+]([O-])C(=c1ccc2c(c1)N1C3=C(CCCC3)C[C@@H]3CCCC[C@@]31N=2)[N+](=O)[O-]. The predicted octanol–water partition coefficient (Wildman–Crippen LogP) is 2.86. The zero-order chi connectivity index (χ0) is 19.5. The quantitative estimate of drug-likeness (QED) is 0.578. The first-order valence-electron chi connectivity index (χ1n) is 10.1. The Labute approximate surface area is 161 Å². The Hall–Kier alpha value is -2.77. The zero-order valence-electron chi connectivity index (χ0n) is 15.6. The third-order valence-corrected chi connectivity index (χ3v) is 6.84. The second-order valence-corrected chi connectivity index (χ2v) is 8.27. The van der Waals surface area contributed by atoms with Crippen molar-refractivity contribution >= 4 is 11.5 Å². The minimum Gasteiger partial charge on any atom is -0.318 e. The molecule has 28 heavy (non-hydrogen) atoms. The monoisotopic (exact) mass is 382 g/mol. The van der Waals surface area contributed by atoms with Crippen LogP contribution in [0, 0.1) is 26.1 Å². The molecule has 0 radical (unpaired) electrons. The van der Waals surface area contributed by atoms with Crippen molar-refractivity contribution in [2.24, 2.45) is 10.9 Å². The Balaban J connectivity index is 1.76. The second-order valence-electron chi connectivity index (χ2n) is 8.27. The van der Waals surface area contributed by atoms with Crippen molar-refractivity contribution in [3.05, 3.63) is 60.3 Å². The molecule has 1 spiro atoms. The second kappa shape index (κ2) is 6.12. The summed E-state index contributed by atoms with van der Waals surface area (Å²) in [6.45, 7) is 0. The molecule has 146 valence electrons. The minimum absolute atomic E-state index is 0.0388. The maximum Gasteiger partial charge on any atom is 0.566 e. The van der Waals surface area contributed by atoms with Crippen LogP contribution in [-0.2, 0) is 0 Å². The Morgan fingerprint density at radius 3 is 2.68 bits per heavy atom. The summed E-state index contributed by atoms with van der Waals surface area (Å²) in [5.41, 5.74) is 3.31. The summed E-state index contributed by atoms with van der Waals surface area (Å²) in [6, 6.07) is 4.80. The van der Waals surface area contributed by atoms with Crippen LogP contribution in [-0.4, -0.2) is 15.5 Å². The molecule has 8 heteroatoms. The largest absolute Gasteiger partial charge is 0.566 e. The van der Waals surface area contributed by atoms with Gasteiger partial charge in [-0.25, -0.2) is 0 Å². The lowest BCUT2D eigenvalue weighted by Crippen LogP contribution is -2.55. The van der Waals surface area contributed by atoms with Crippen LogP contribution in [0.2, 0.25) is 0 Å². The lowest BCUT2D eigenvalue weighted by Gasteiger charge is -2.52. The number of hydrogen-bond donors (Lipinski definition) is 0. The average molecular weight is 382 g/mol. The summed E-state index contributed by atoms with van der Waals surface area (Å²) in [5.74, 6) is -0.526. The van der Waals surface area contributed by atoms with E-state index in [1.165, 1.54) is 30.2 Å². The molecule has 1 saturated carbocycles. The molecule has 0 aromatic heterocycles. The first-order chi connectivity index (χ1) is 13.5. The third kappa shape index (κ3) is 2.33. The molecule has 0 unspecified atom stereocenters. The van der Waals surface area contributed by atoms with Gasteiger partial charge >= 0.3 is 5.82 Å². The van der Waals surface area contributed by atoms with E-state index in [4.69, 9.17) is 4.99 Å².